The molecule has 2 rings (SSSR count). The number of ether oxygens (including phenoxy) is 1. The van der Waals surface area contributed by atoms with E-state index in [9.17, 15) is 0 Å². The van der Waals surface area contributed by atoms with Gasteiger partial charge in [0.2, 0.25) is 0 Å². The zero-order valence-corrected chi connectivity index (χ0v) is 8.39. The van der Waals surface area contributed by atoms with Gasteiger partial charge in [0, 0.05) is 18.6 Å². The number of rotatable bonds is 2. The third-order valence-corrected chi connectivity index (χ3v) is 3.14. The van der Waals surface area contributed by atoms with E-state index < -0.39 is 0 Å². The largest absolute Gasteiger partial charge is 0.374 e. The van der Waals surface area contributed by atoms with Crippen LogP contribution < -0.4 is 0 Å². The van der Waals surface area contributed by atoms with Crippen LogP contribution in [0.5, 0.6) is 0 Å². The smallest absolute Gasteiger partial charge is 0.0658 e. The van der Waals surface area contributed by atoms with Gasteiger partial charge in [0.05, 0.1) is 12.2 Å². The summed E-state index contributed by atoms with van der Waals surface area (Å²) in [5, 5.41) is 0. The Balaban J connectivity index is 1.80. The lowest BCUT2D eigenvalue weighted by molar-refractivity contribution is -0.169. The molecular formula is C10H19NO. The minimum Gasteiger partial charge on any atom is -0.374 e. The van der Waals surface area contributed by atoms with E-state index in [1.165, 1.54) is 25.9 Å². The molecule has 0 amide bonds. The fourth-order valence-electron chi connectivity index (χ4n) is 2.00. The molecule has 2 heteroatoms. The summed E-state index contributed by atoms with van der Waals surface area (Å²) in [4.78, 5) is 2.54. The summed E-state index contributed by atoms with van der Waals surface area (Å²) in [6.07, 6.45) is 2.70. The van der Waals surface area contributed by atoms with Gasteiger partial charge < -0.3 is 4.74 Å². The van der Waals surface area contributed by atoms with Crippen LogP contribution in [0.4, 0.5) is 0 Å². The van der Waals surface area contributed by atoms with E-state index in [0.29, 0.717) is 5.54 Å². The van der Waals surface area contributed by atoms with Crippen LogP contribution in [0.3, 0.4) is 0 Å². The summed E-state index contributed by atoms with van der Waals surface area (Å²) in [5.41, 5.74) is 0.513. The highest BCUT2D eigenvalue weighted by atomic mass is 16.5. The number of fused-ring (bicyclic) bond motifs is 1. The summed E-state index contributed by atoms with van der Waals surface area (Å²) < 4.78 is 5.82. The van der Waals surface area contributed by atoms with Gasteiger partial charge in [-0.05, 0) is 33.6 Å². The summed E-state index contributed by atoms with van der Waals surface area (Å²) in [6, 6.07) is 0. The first-order valence-electron chi connectivity index (χ1n) is 4.91. The molecule has 2 fully saturated rings. The molecule has 0 aliphatic carbocycles. The highest BCUT2D eigenvalue weighted by Gasteiger charge is 2.51. The number of hydrogen-bond acceptors (Lipinski definition) is 2. The monoisotopic (exact) mass is 169 g/mol. The maximum absolute atomic E-state index is 5.82. The molecule has 0 aromatic rings. The minimum atomic E-state index is 0.0333. The maximum Gasteiger partial charge on any atom is 0.0658 e. The predicted molar refractivity (Wildman–Crippen MR) is 49.2 cm³/mol. The molecule has 2 heterocycles. The predicted octanol–water partition coefficient (Wildman–Crippen LogP) is 1.65. The topological polar surface area (TPSA) is 12.5 Å². The highest BCUT2D eigenvalue weighted by molar-refractivity contribution is 5.07. The molecule has 12 heavy (non-hydrogen) atoms. The zero-order valence-electron chi connectivity index (χ0n) is 8.39. The Bertz CT molecular complexity index is 175. The lowest BCUT2D eigenvalue weighted by atomic mass is 9.74. The minimum absolute atomic E-state index is 0.0333. The van der Waals surface area contributed by atoms with Crippen LogP contribution in [-0.4, -0.2) is 35.7 Å². The van der Waals surface area contributed by atoms with Gasteiger partial charge >= 0.3 is 0 Å². The van der Waals surface area contributed by atoms with Crippen LogP contribution in [0.15, 0.2) is 0 Å². The third kappa shape index (κ3) is 1.27. The second kappa shape index (κ2) is 2.46. The van der Waals surface area contributed by atoms with Crippen molar-refractivity contribution in [3.8, 4) is 0 Å². The van der Waals surface area contributed by atoms with Gasteiger partial charge in [-0.25, -0.2) is 0 Å². The molecule has 2 aliphatic rings. The summed E-state index contributed by atoms with van der Waals surface area (Å²) in [5.74, 6) is 0. The Hall–Kier alpha value is -0.0800. The van der Waals surface area contributed by atoms with Crippen molar-refractivity contribution in [2.24, 2.45) is 0 Å². The normalized spacial score (nSPS) is 27.2. The molecule has 0 aromatic carbocycles. The van der Waals surface area contributed by atoms with Crippen molar-refractivity contribution >= 4 is 0 Å². The van der Waals surface area contributed by atoms with Crippen LogP contribution in [0.2, 0.25) is 0 Å². The van der Waals surface area contributed by atoms with Crippen LogP contribution >= 0.6 is 0 Å². The van der Waals surface area contributed by atoms with Gasteiger partial charge in [-0.1, -0.05) is 0 Å². The van der Waals surface area contributed by atoms with Crippen molar-refractivity contribution in [1.29, 1.82) is 0 Å². The molecule has 2 saturated heterocycles. The molecule has 0 N–H and O–H groups in total. The summed E-state index contributed by atoms with van der Waals surface area (Å²) >= 11 is 0. The first kappa shape index (κ1) is 8.52. The summed E-state index contributed by atoms with van der Waals surface area (Å²) in [6.45, 7) is 9.93. The Morgan fingerprint density at radius 3 is 2.08 bits per heavy atom. The fourth-order valence-corrected chi connectivity index (χ4v) is 2.00. The molecule has 0 bridgehead atoms. The van der Waals surface area contributed by atoms with Crippen molar-refractivity contribution in [3.63, 3.8) is 0 Å². The molecule has 0 radical (unpaired) electrons. The van der Waals surface area contributed by atoms with Crippen molar-refractivity contribution in [2.75, 3.05) is 19.7 Å². The second-order valence-corrected chi connectivity index (χ2v) is 5.11. The van der Waals surface area contributed by atoms with Gasteiger partial charge in [-0.2, -0.15) is 0 Å². The molecule has 2 aliphatic heterocycles. The van der Waals surface area contributed by atoms with E-state index in [2.05, 4.69) is 25.7 Å². The molecule has 2 nitrogen and oxygen atoms in total. The molecule has 0 unspecified atom stereocenters. The number of nitrogens with zero attached hydrogens (tertiary/aromatic N) is 1. The van der Waals surface area contributed by atoms with Gasteiger partial charge in [0.25, 0.3) is 0 Å². The zero-order chi connectivity index (χ0) is 8.82. The lowest BCUT2D eigenvalue weighted by Crippen LogP contribution is -2.71. The number of hydrogen-bond donors (Lipinski definition) is 0. The average molecular weight is 169 g/mol. The molecule has 70 valence electrons. The van der Waals surface area contributed by atoms with Crippen LogP contribution in [0, 0.1) is 0 Å². The first-order valence-corrected chi connectivity index (χ1v) is 4.91. The Labute approximate surface area is 74.9 Å². The van der Waals surface area contributed by atoms with Crippen molar-refractivity contribution in [3.05, 3.63) is 0 Å². The highest BCUT2D eigenvalue weighted by Crippen LogP contribution is 2.42. The van der Waals surface area contributed by atoms with Gasteiger partial charge in [0.15, 0.2) is 0 Å². The molecule has 0 saturated carbocycles. The number of piperidine rings is 1. The standard InChI is InChI=1S/C10H19NO/c1-9(2,3)12-8-10-4-6-11(10)7-5-10/h4-8H2,1-3H3. The lowest BCUT2D eigenvalue weighted by Gasteiger charge is -2.61. The quantitative estimate of drug-likeness (QED) is 0.623. The van der Waals surface area contributed by atoms with Gasteiger partial charge in [0.1, 0.15) is 0 Å². The van der Waals surface area contributed by atoms with Crippen LogP contribution in [-0.2, 0) is 4.74 Å². The average Bonchev–Trinajstić information content (AvgIpc) is 1.92. The van der Waals surface area contributed by atoms with E-state index in [4.69, 9.17) is 4.74 Å². The first-order chi connectivity index (χ1) is 5.52. The van der Waals surface area contributed by atoms with Crippen molar-refractivity contribution < 1.29 is 4.74 Å². The third-order valence-electron chi connectivity index (χ3n) is 3.14. The van der Waals surface area contributed by atoms with Gasteiger partial charge in [-0.15, -0.1) is 0 Å². The molecule has 0 atom stereocenters. The van der Waals surface area contributed by atoms with E-state index in [1.54, 1.807) is 0 Å². The maximum atomic E-state index is 5.82. The Morgan fingerprint density at radius 1 is 1.25 bits per heavy atom. The Kier molecular flexibility index (Phi) is 1.74. The van der Waals surface area contributed by atoms with Crippen molar-refractivity contribution in [2.45, 2.75) is 44.8 Å². The van der Waals surface area contributed by atoms with E-state index in [0.717, 1.165) is 6.61 Å². The summed E-state index contributed by atoms with van der Waals surface area (Å²) in [7, 11) is 0. The SMILES string of the molecule is CC(C)(C)OCC12CCN1CC2. The second-order valence-electron chi connectivity index (χ2n) is 5.11. The fraction of sp³-hybridized carbons (Fsp3) is 1.00. The van der Waals surface area contributed by atoms with Crippen LogP contribution in [0.1, 0.15) is 33.6 Å². The van der Waals surface area contributed by atoms with Gasteiger partial charge in [-0.3, -0.25) is 4.90 Å². The van der Waals surface area contributed by atoms with E-state index >= 15 is 0 Å². The van der Waals surface area contributed by atoms with E-state index in [1.807, 2.05) is 0 Å². The van der Waals surface area contributed by atoms with Crippen molar-refractivity contribution in [1.82, 2.24) is 4.90 Å². The molecular weight excluding hydrogens is 150 g/mol. The Morgan fingerprint density at radius 2 is 1.83 bits per heavy atom. The molecule has 0 aromatic heterocycles. The van der Waals surface area contributed by atoms with Crippen LogP contribution in [0.25, 0.3) is 0 Å². The molecule has 0 spiro atoms. The van der Waals surface area contributed by atoms with E-state index in [-0.39, 0.29) is 5.60 Å².